The number of carbonyl (C=O) groups excluding carboxylic acids is 2. The standard InChI is InChI=1S/C13H18N2O4S/c1-3-19-12(17)10-11(9(2)16)20-13(14-10)15-5-4-7-18-8-6-15/h3-8H2,1-2H3. The predicted octanol–water partition coefficient (Wildman–Crippen LogP) is 1.75. The molecule has 0 unspecified atom stereocenters. The monoisotopic (exact) mass is 298 g/mol. The summed E-state index contributed by atoms with van der Waals surface area (Å²) in [7, 11) is 0. The first kappa shape index (κ1) is 14.9. The summed E-state index contributed by atoms with van der Waals surface area (Å²) >= 11 is 1.25. The lowest BCUT2D eigenvalue weighted by molar-refractivity contribution is 0.0517. The van der Waals surface area contributed by atoms with E-state index in [9.17, 15) is 9.59 Å². The number of esters is 1. The molecule has 0 aliphatic carbocycles. The fourth-order valence-electron chi connectivity index (χ4n) is 1.96. The number of rotatable bonds is 4. The summed E-state index contributed by atoms with van der Waals surface area (Å²) in [6.07, 6.45) is 0.906. The number of hydrogen-bond acceptors (Lipinski definition) is 7. The van der Waals surface area contributed by atoms with E-state index in [2.05, 4.69) is 4.98 Å². The van der Waals surface area contributed by atoms with Gasteiger partial charge in [0.05, 0.1) is 13.2 Å². The van der Waals surface area contributed by atoms with Crippen molar-refractivity contribution in [1.82, 2.24) is 4.98 Å². The van der Waals surface area contributed by atoms with Gasteiger partial charge in [0.2, 0.25) is 0 Å². The lowest BCUT2D eigenvalue weighted by Gasteiger charge is -2.17. The van der Waals surface area contributed by atoms with Gasteiger partial charge < -0.3 is 14.4 Å². The van der Waals surface area contributed by atoms with Crippen LogP contribution in [-0.2, 0) is 9.47 Å². The number of aromatic nitrogens is 1. The van der Waals surface area contributed by atoms with Crippen LogP contribution in [-0.4, -0.2) is 49.6 Å². The van der Waals surface area contributed by atoms with Crippen LogP contribution in [0.3, 0.4) is 0 Å². The molecule has 1 aromatic heterocycles. The van der Waals surface area contributed by atoms with Gasteiger partial charge in [-0.3, -0.25) is 4.79 Å². The Morgan fingerprint density at radius 1 is 1.40 bits per heavy atom. The Kier molecular flexibility index (Phi) is 5.08. The fourth-order valence-corrected chi connectivity index (χ4v) is 2.96. The Balaban J connectivity index is 2.28. The number of ketones is 1. The van der Waals surface area contributed by atoms with Gasteiger partial charge in [0.1, 0.15) is 4.88 Å². The molecule has 0 amide bonds. The Morgan fingerprint density at radius 3 is 2.90 bits per heavy atom. The average molecular weight is 298 g/mol. The summed E-state index contributed by atoms with van der Waals surface area (Å²) in [4.78, 5) is 30.2. The highest BCUT2D eigenvalue weighted by molar-refractivity contribution is 7.17. The molecule has 0 radical (unpaired) electrons. The fraction of sp³-hybridized carbons (Fsp3) is 0.615. The quantitative estimate of drug-likeness (QED) is 0.623. The Labute approximate surface area is 121 Å². The van der Waals surface area contributed by atoms with Crippen molar-refractivity contribution < 1.29 is 19.1 Å². The predicted molar refractivity (Wildman–Crippen MR) is 75.7 cm³/mol. The van der Waals surface area contributed by atoms with E-state index >= 15 is 0 Å². The molecule has 2 heterocycles. The topological polar surface area (TPSA) is 68.7 Å². The Hall–Kier alpha value is -1.47. The van der Waals surface area contributed by atoms with Crippen molar-refractivity contribution in [3.05, 3.63) is 10.6 Å². The zero-order valence-corrected chi connectivity index (χ0v) is 12.5. The molecule has 0 N–H and O–H groups in total. The van der Waals surface area contributed by atoms with E-state index in [1.807, 2.05) is 4.90 Å². The smallest absolute Gasteiger partial charge is 0.358 e. The maximum absolute atomic E-state index is 11.9. The maximum Gasteiger partial charge on any atom is 0.358 e. The van der Waals surface area contributed by atoms with Gasteiger partial charge in [0.15, 0.2) is 16.6 Å². The van der Waals surface area contributed by atoms with E-state index in [0.717, 1.165) is 19.6 Å². The third-order valence-corrected chi connectivity index (χ3v) is 4.11. The molecule has 1 aliphatic heterocycles. The van der Waals surface area contributed by atoms with Crippen molar-refractivity contribution in [3.63, 3.8) is 0 Å². The van der Waals surface area contributed by atoms with Crippen molar-refractivity contribution in [2.24, 2.45) is 0 Å². The summed E-state index contributed by atoms with van der Waals surface area (Å²) < 4.78 is 10.3. The van der Waals surface area contributed by atoms with Gasteiger partial charge in [-0.25, -0.2) is 9.78 Å². The molecule has 110 valence electrons. The zero-order chi connectivity index (χ0) is 14.5. The molecule has 20 heavy (non-hydrogen) atoms. The van der Waals surface area contributed by atoms with Crippen molar-refractivity contribution in [2.75, 3.05) is 37.8 Å². The number of thiazole rings is 1. The van der Waals surface area contributed by atoms with E-state index in [1.165, 1.54) is 18.3 Å². The lowest BCUT2D eigenvalue weighted by Crippen LogP contribution is -2.25. The molecular formula is C13H18N2O4S. The molecule has 0 saturated carbocycles. The number of nitrogens with zero attached hydrogens (tertiary/aromatic N) is 2. The summed E-state index contributed by atoms with van der Waals surface area (Å²) in [5, 5.41) is 0.684. The van der Waals surface area contributed by atoms with Gasteiger partial charge >= 0.3 is 5.97 Å². The second-order valence-corrected chi connectivity index (χ2v) is 5.38. The Bertz CT molecular complexity index is 493. The van der Waals surface area contributed by atoms with Crippen LogP contribution >= 0.6 is 11.3 Å². The maximum atomic E-state index is 11.9. The molecule has 2 rings (SSSR count). The summed E-state index contributed by atoms with van der Waals surface area (Å²) in [6.45, 7) is 6.31. The van der Waals surface area contributed by atoms with E-state index < -0.39 is 5.97 Å². The molecule has 1 aliphatic rings. The molecule has 6 nitrogen and oxygen atoms in total. The average Bonchev–Trinajstić information content (AvgIpc) is 2.69. The number of Topliss-reactive ketones (excluding diaryl/α,β-unsaturated/α-hetero) is 1. The Morgan fingerprint density at radius 2 is 2.20 bits per heavy atom. The first-order chi connectivity index (χ1) is 9.63. The van der Waals surface area contributed by atoms with Gasteiger partial charge in [0.25, 0.3) is 0 Å². The third-order valence-electron chi connectivity index (χ3n) is 2.90. The van der Waals surface area contributed by atoms with Crippen molar-refractivity contribution in [3.8, 4) is 0 Å². The molecule has 0 spiro atoms. The number of hydrogen-bond donors (Lipinski definition) is 0. The normalized spacial score (nSPS) is 15.8. The molecule has 1 fully saturated rings. The second kappa shape index (κ2) is 6.81. The van der Waals surface area contributed by atoms with Gasteiger partial charge in [-0.05, 0) is 13.3 Å². The minimum absolute atomic E-state index is 0.129. The molecule has 1 saturated heterocycles. The van der Waals surface area contributed by atoms with Gasteiger partial charge in [-0.1, -0.05) is 11.3 Å². The van der Waals surface area contributed by atoms with Gasteiger partial charge in [-0.15, -0.1) is 0 Å². The van der Waals surface area contributed by atoms with E-state index in [0.29, 0.717) is 23.2 Å². The highest BCUT2D eigenvalue weighted by atomic mass is 32.1. The summed E-state index contributed by atoms with van der Waals surface area (Å²) in [5.74, 6) is -0.700. The van der Waals surface area contributed by atoms with Crippen molar-refractivity contribution >= 4 is 28.2 Å². The SMILES string of the molecule is CCOC(=O)c1nc(N2CCCOCC2)sc1C(C)=O. The van der Waals surface area contributed by atoms with Crippen LogP contribution in [0.5, 0.6) is 0 Å². The molecule has 0 aromatic carbocycles. The van der Waals surface area contributed by atoms with Crippen molar-refractivity contribution in [2.45, 2.75) is 20.3 Å². The van der Waals surface area contributed by atoms with E-state index in [-0.39, 0.29) is 18.1 Å². The largest absolute Gasteiger partial charge is 0.461 e. The minimum Gasteiger partial charge on any atom is -0.461 e. The van der Waals surface area contributed by atoms with Gasteiger partial charge in [-0.2, -0.15) is 0 Å². The highest BCUT2D eigenvalue weighted by Crippen LogP contribution is 2.28. The number of carbonyl (C=O) groups is 2. The van der Waals surface area contributed by atoms with Crippen LogP contribution in [0, 0.1) is 0 Å². The number of anilines is 1. The van der Waals surface area contributed by atoms with Crippen LogP contribution in [0.1, 0.15) is 40.4 Å². The molecule has 0 atom stereocenters. The molecule has 1 aromatic rings. The van der Waals surface area contributed by atoms with Gasteiger partial charge in [0, 0.05) is 26.6 Å². The van der Waals surface area contributed by atoms with Crippen molar-refractivity contribution in [1.29, 1.82) is 0 Å². The number of ether oxygens (including phenoxy) is 2. The van der Waals surface area contributed by atoms with Crippen LogP contribution in [0.4, 0.5) is 5.13 Å². The van der Waals surface area contributed by atoms with Crippen LogP contribution in [0.25, 0.3) is 0 Å². The molecule has 0 bridgehead atoms. The first-order valence-corrected chi connectivity index (χ1v) is 7.46. The second-order valence-electron chi connectivity index (χ2n) is 4.40. The summed E-state index contributed by atoms with van der Waals surface area (Å²) in [6, 6.07) is 0. The first-order valence-electron chi connectivity index (χ1n) is 6.65. The highest BCUT2D eigenvalue weighted by Gasteiger charge is 2.24. The third kappa shape index (κ3) is 3.34. The van der Waals surface area contributed by atoms with E-state index in [1.54, 1.807) is 6.92 Å². The molecular weight excluding hydrogens is 280 g/mol. The zero-order valence-electron chi connectivity index (χ0n) is 11.7. The summed E-state index contributed by atoms with van der Waals surface area (Å²) in [5.41, 5.74) is 0.129. The van der Waals surface area contributed by atoms with Crippen LogP contribution in [0.15, 0.2) is 0 Å². The lowest BCUT2D eigenvalue weighted by atomic mass is 10.3. The van der Waals surface area contributed by atoms with E-state index in [4.69, 9.17) is 9.47 Å². The van der Waals surface area contributed by atoms with Crippen LogP contribution in [0.2, 0.25) is 0 Å². The minimum atomic E-state index is -0.536. The molecule has 7 heteroatoms. The van der Waals surface area contributed by atoms with Crippen LogP contribution < -0.4 is 4.90 Å².